The highest BCUT2D eigenvalue weighted by atomic mass is 19.4. The fourth-order valence-electron chi connectivity index (χ4n) is 1.20. The topological polar surface area (TPSA) is 75.6 Å². The molecule has 0 saturated heterocycles. The van der Waals surface area contributed by atoms with Crippen LogP contribution in [0.25, 0.3) is 0 Å². The van der Waals surface area contributed by atoms with Gasteiger partial charge in [-0.05, 0) is 18.2 Å². The van der Waals surface area contributed by atoms with E-state index >= 15 is 0 Å². The van der Waals surface area contributed by atoms with Gasteiger partial charge in [0, 0.05) is 0 Å². The van der Waals surface area contributed by atoms with Crippen LogP contribution in [-0.2, 0) is 4.79 Å². The molecule has 11 heteroatoms. The zero-order valence-corrected chi connectivity index (χ0v) is 9.67. The number of carboxylic acids is 1. The van der Waals surface area contributed by atoms with Crippen molar-refractivity contribution in [2.45, 2.75) is 12.5 Å². The Morgan fingerprint density at radius 3 is 2.10 bits per heavy atom. The van der Waals surface area contributed by atoms with Crippen LogP contribution in [0.3, 0.4) is 0 Å². The molecule has 0 radical (unpaired) electrons. The maximum Gasteiger partial charge on any atom is 0.573 e. The van der Waals surface area contributed by atoms with Crippen LogP contribution in [0.15, 0.2) is 18.2 Å². The first-order chi connectivity index (χ1) is 9.40. The summed E-state index contributed by atoms with van der Waals surface area (Å²) in [6, 6.07) is 1.45. The minimum Gasteiger partial charge on any atom is -0.478 e. The third-order valence-corrected chi connectivity index (χ3v) is 1.96. The zero-order chi connectivity index (χ0) is 16.4. The summed E-state index contributed by atoms with van der Waals surface area (Å²) in [5.41, 5.74) is -1.81. The number of alkyl halides is 6. The fraction of sp³-hybridized carbons (Fsp3) is 0.200. The average Bonchev–Trinajstić information content (AvgIpc) is 2.27. The van der Waals surface area contributed by atoms with Crippen molar-refractivity contribution < 1.29 is 45.8 Å². The van der Waals surface area contributed by atoms with Crippen molar-refractivity contribution >= 4 is 17.6 Å². The first-order valence-electron chi connectivity index (χ1n) is 4.91. The Hall–Kier alpha value is -2.46. The van der Waals surface area contributed by atoms with Crippen LogP contribution in [0.1, 0.15) is 10.4 Å². The normalized spacial score (nSPS) is 11.9. The Balaban J connectivity index is 3.11. The van der Waals surface area contributed by atoms with Gasteiger partial charge in [0.2, 0.25) is 0 Å². The van der Waals surface area contributed by atoms with E-state index in [1.165, 1.54) is 5.32 Å². The van der Waals surface area contributed by atoms with Crippen molar-refractivity contribution in [3.05, 3.63) is 23.8 Å². The highest BCUT2D eigenvalue weighted by Gasteiger charge is 2.39. The first kappa shape index (κ1) is 16.6. The van der Waals surface area contributed by atoms with Gasteiger partial charge in [0.15, 0.2) is 0 Å². The van der Waals surface area contributed by atoms with E-state index in [2.05, 4.69) is 4.74 Å². The molecule has 1 aromatic carbocycles. The lowest BCUT2D eigenvalue weighted by Crippen LogP contribution is -2.30. The number of anilines is 1. The lowest BCUT2D eigenvalue weighted by molar-refractivity contribution is -0.274. The number of rotatable bonds is 3. The van der Waals surface area contributed by atoms with Gasteiger partial charge in [-0.15, -0.1) is 13.2 Å². The number of aromatic carboxylic acids is 1. The maximum atomic E-state index is 12.0. The second kappa shape index (κ2) is 5.50. The minimum absolute atomic E-state index is 0.335. The summed E-state index contributed by atoms with van der Waals surface area (Å²) in [5.74, 6) is -5.26. The number of carboxylic acid groups (broad SMARTS) is 1. The lowest BCUT2D eigenvalue weighted by Gasteiger charge is -2.13. The van der Waals surface area contributed by atoms with Crippen molar-refractivity contribution in [1.82, 2.24) is 0 Å². The molecule has 21 heavy (non-hydrogen) atoms. The van der Waals surface area contributed by atoms with Crippen molar-refractivity contribution in [1.29, 1.82) is 0 Å². The SMILES string of the molecule is O=C(O)c1cc(OC(F)(F)F)ccc1NC(=O)C(F)(F)F. The van der Waals surface area contributed by atoms with Gasteiger partial charge < -0.3 is 15.2 Å². The number of carbonyl (C=O) groups is 2. The number of ether oxygens (including phenoxy) is 1. The van der Waals surface area contributed by atoms with Gasteiger partial charge in [-0.1, -0.05) is 0 Å². The van der Waals surface area contributed by atoms with E-state index in [9.17, 15) is 35.9 Å². The van der Waals surface area contributed by atoms with Crippen LogP contribution in [0, 0.1) is 0 Å². The van der Waals surface area contributed by atoms with Gasteiger partial charge >= 0.3 is 24.4 Å². The highest BCUT2D eigenvalue weighted by molar-refractivity contribution is 6.02. The van der Waals surface area contributed by atoms with Crippen LogP contribution in [-0.4, -0.2) is 29.5 Å². The smallest absolute Gasteiger partial charge is 0.478 e. The third-order valence-electron chi connectivity index (χ3n) is 1.96. The molecule has 0 unspecified atom stereocenters. The van der Waals surface area contributed by atoms with E-state index in [1.54, 1.807) is 0 Å². The van der Waals surface area contributed by atoms with E-state index < -0.39 is 41.4 Å². The molecule has 0 spiro atoms. The average molecular weight is 317 g/mol. The van der Waals surface area contributed by atoms with Gasteiger partial charge in [-0.2, -0.15) is 13.2 Å². The second-order valence-corrected chi connectivity index (χ2v) is 3.51. The lowest BCUT2D eigenvalue weighted by atomic mass is 10.1. The molecular formula is C10H5F6NO4. The van der Waals surface area contributed by atoms with E-state index in [1.807, 2.05) is 0 Å². The summed E-state index contributed by atoms with van der Waals surface area (Å²) in [7, 11) is 0. The van der Waals surface area contributed by atoms with Crippen LogP contribution in [0.4, 0.5) is 32.0 Å². The minimum atomic E-state index is -5.28. The van der Waals surface area contributed by atoms with Crippen molar-refractivity contribution in [2.75, 3.05) is 5.32 Å². The molecule has 5 nitrogen and oxygen atoms in total. The number of halogens is 6. The standard InChI is InChI=1S/C10H5F6NO4/c11-9(12,13)8(20)17-6-2-1-4(21-10(14,15)16)3-5(6)7(18)19/h1-3H,(H,17,20)(H,18,19). The summed E-state index contributed by atoms with van der Waals surface area (Å²) < 4.78 is 75.4. The third kappa shape index (κ3) is 4.85. The second-order valence-electron chi connectivity index (χ2n) is 3.51. The monoisotopic (exact) mass is 317 g/mol. The van der Waals surface area contributed by atoms with Crippen LogP contribution in [0.2, 0.25) is 0 Å². The first-order valence-corrected chi connectivity index (χ1v) is 4.91. The van der Waals surface area contributed by atoms with E-state index in [4.69, 9.17) is 5.11 Å². The highest BCUT2D eigenvalue weighted by Crippen LogP contribution is 2.28. The van der Waals surface area contributed by atoms with Gasteiger partial charge in [0.1, 0.15) is 5.75 Å². The molecule has 0 aliphatic rings. The number of amides is 1. The van der Waals surface area contributed by atoms with Gasteiger partial charge in [-0.3, -0.25) is 4.79 Å². The molecule has 0 aliphatic carbocycles. The van der Waals surface area contributed by atoms with Gasteiger partial charge in [0.25, 0.3) is 0 Å². The number of benzene rings is 1. The molecule has 0 saturated carbocycles. The molecule has 0 fully saturated rings. The van der Waals surface area contributed by atoms with E-state index in [0.717, 1.165) is 0 Å². The molecular weight excluding hydrogens is 312 g/mol. The number of hydrogen-bond acceptors (Lipinski definition) is 3. The molecule has 1 rings (SSSR count). The molecule has 0 bridgehead atoms. The molecule has 0 heterocycles. The summed E-state index contributed by atoms with van der Waals surface area (Å²) in [4.78, 5) is 21.5. The molecule has 0 aliphatic heterocycles. The van der Waals surface area contributed by atoms with Crippen LogP contribution >= 0.6 is 0 Å². The van der Waals surface area contributed by atoms with Gasteiger partial charge in [-0.25, -0.2) is 4.79 Å². The largest absolute Gasteiger partial charge is 0.573 e. The molecule has 0 atom stereocenters. The quantitative estimate of drug-likeness (QED) is 0.841. The summed E-state index contributed by atoms with van der Waals surface area (Å²) >= 11 is 0. The van der Waals surface area contributed by atoms with Crippen LogP contribution < -0.4 is 10.1 Å². The molecule has 1 aromatic rings. The zero-order valence-electron chi connectivity index (χ0n) is 9.67. The van der Waals surface area contributed by atoms with E-state index in [0.29, 0.717) is 18.2 Å². The summed E-state index contributed by atoms with van der Waals surface area (Å²) in [6.45, 7) is 0. The Morgan fingerprint density at radius 1 is 1.10 bits per heavy atom. The van der Waals surface area contributed by atoms with Crippen molar-refractivity contribution in [3.63, 3.8) is 0 Å². The molecule has 2 N–H and O–H groups in total. The fourth-order valence-corrected chi connectivity index (χ4v) is 1.20. The van der Waals surface area contributed by atoms with Crippen molar-refractivity contribution in [3.8, 4) is 5.75 Å². The predicted molar refractivity (Wildman–Crippen MR) is 54.8 cm³/mol. The molecule has 0 aromatic heterocycles. The predicted octanol–water partition coefficient (Wildman–Crippen LogP) is 2.78. The Bertz CT molecular complexity index is 566. The number of hydrogen-bond donors (Lipinski definition) is 2. The van der Waals surface area contributed by atoms with Gasteiger partial charge in [0.05, 0.1) is 11.3 Å². The number of nitrogens with one attached hydrogen (secondary N) is 1. The Morgan fingerprint density at radius 2 is 1.67 bits per heavy atom. The molecule has 116 valence electrons. The number of carbonyl (C=O) groups excluding carboxylic acids is 1. The van der Waals surface area contributed by atoms with E-state index in [-0.39, 0.29) is 0 Å². The summed E-state index contributed by atoms with van der Waals surface area (Å²) in [6.07, 6.45) is -10.4. The Labute approximate surface area is 112 Å². The molecule has 1 amide bonds. The van der Waals surface area contributed by atoms with Crippen molar-refractivity contribution in [2.24, 2.45) is 0 Å². The summed E-state index contributed by atoms with van der Waals surface area (Å²) in [5, 5.41) is 9.98. The van der Waals surface area contributed by atoms with Crippen LogP contribution in [0.5, 0.6) is 5.75 Å². The maximum absolute atomic E-state index is 12.0. The Kier molecular flexibility index (Phi) is 4.35.